The van der Waals surface area contributed by atoms with Gasteiger partial charge in [-0.2, -0.15) is 0 Å². The highest BCUT2D eigenvalue weighted by molar-refractivity contribution is 5.92. The maximum absolute atomic E-state index is 14.3. The number of ether oxygens (including phenoxy) is 13. The molecular formula is C82H134N10O32. The predicted octanol–water partition coefficient (Wildman–Crippen LogP) is -1.47. The van der Waals surface area contributed by atoms with E-state index in [9.17, 15) is 94.8 Å². The molecule has 4 amide bonds. The summed E-state index contributed by atoms with van der Waals surface area (Å²) in [7, 11) is 0. The number of aromatic nitrogens is 6. The molecule has 0 spiro atoms. The van der Waals surface area contributed by atoms with Crippen LogP contribution in [0.4, 0.5) is 0 Å². The second-order valence-electron chi connectivity index (χ2n) is 34.4. The van der Waals surface area contributed by atoms with Crippen molar-refractivity contribution in [3.8, 4) is 0 Å². The van der Waals surface area contributed by atoms with E-state index in [1.165, 1.54) is 42.5 Å². The van der Waals surface area contributed by atoms with Gasteiger partial charge in [0.15, 0.2) is 48.8 Å². The lowest BCUT2D eigenvalue weighted by Gasteiger charge is -2.49. The first-order valence-corrected chi connectivity index (χ1v) is 44.3. The molecule has 4 aliphatic carbocycles. The number of carbonyl (C=O) groups is 7. The molecule has 42 heteroatoms. The minimum atomic E-state index is -1.71. The van der Waals surface area contributed by atoms with E-state index in [2.05, 4.69) is 41.9 Å². The Kier molecular flexibility index (Phi) is 39.5. The number of aliphatic hydroxyl groups excluding tert-OH is 10. The smallest absolute Gasteiger partial charge is 0.332 e. The van der Waals surface area contributed by atoms with Gasteiger partial charge in [-0.25, -0.2) is 19.0 Å². The Morgan fingerprint density at radius 3 is 1.40 bits per heavy atom. The van der Waals surface area contributed by atoms with E-state index in [-0.39, 0.29) is 159 Å². The highest BCUT2D eigenvalue weighted by Crippen LogP contribution is 2.44. The molecule has 8 fully saturated rings. The molecule has 0 radical (unpaired) electrons. The number of hydrogen-bond donors (Lipinski definition) is 16. The number of nitrogens with one attached hydrogen (secondary N) is 4. The third-order valence-electron chi connectivity index (χ3n) is 25.5. The quantitative estimate of drug-likeness (QED) is 0.0336. The molecule has 4 saturated heterocycles. The molecule has 16 N–H and O–H groups in total. The minimum absolute atomic E-state index is 0.0128. The van der Waals surface area contributed by atoms with E-state index in [0.29, 0.717) is 12.8 Å². The Labute approximate surface area is 720 Å². The van der Waals surface area contributed by atoms with Crippen molar-refractivity contribution in [2.45, 2.75) is 336 Å². The number of aliphatic hydroxyl groups is 10. The molecule has 42 nitrogen and oxygen atoms in total. The van der Waals surface area contributed by atoms with Crippen molar-refractivity contribution in [1.82, 2.24) is 51.3 Å². The first-order valence-electron chi connectivity index (χ1n) is 44.3. The molecule has 8 aliphatic rings. The van der Waals surface area contributed by atoms with Crippen LogP contribution in [0.2, 0.25) is 0 Å². The van der Waals surface area contributed by atoms with Crippen LogP contribution in [-0.4, -0.2) is 358 Å². The Balaban J connectivity index is 0.617. The fourth-order valence-corrected chi connectivity index (χ4v) is 18.3. The van der Waals surface area contributed by atoms with Crippen LogP contribution in [0, 0.1) is 41.4 Å². The van der Waals surface area contributed by atoms with Crippen molar-refractivity contribution in [1.29, 1.82) is 0 Å². The maximum atomic E-state index is 14.3. The van der Waals surface area contributed by atoms with Gasteiger partial charge < -0.3 is 144 Å². The number of carboxylic acid groups (broad SMARTS) is 2. The van der Waals surface area contributed by atoms with Gasteiger partial charge in [0, 0.05) is 50.7 Å². The maximum Gasteiger partial charge on any atom is 0.332 e. The molecule has 124 heavy (non-hydrogen) atoms. The summed E-state index contributed by atoms with van der Waals surface area (Å²) in [4.78, 5) is 93.1. The van der Waals surface area contributed by atoms with Gasteiger partial charge in [-0.05, 0) is 82.5 Å². The summed E-state index contributed by atoms with van der Waals surface area (Å²) < 4.78 is 82.8. The van der Waals surface area contributed by atoms with E-state index in [0.717, 1.165) is 64.2 Å². The summed E-state index contributed by atoms with van der Waals surface area (Å²) in [5, 5.41) is 157. The molecule has 2 unspecified atom stereocenters. The van der Waals surface area contributed by atoms with Gasteiger partial charge in [-0.15, -0.1) is 10.2 Å². The average molecular weight is 1770 g/mol. The van der Waals surface area contributed by atoms with Crippen LogP contribution >= 0.6 is 0 Å². The number of ketones is 1. The lowest BCUT2D eigenvalue weighted by molar-refractivity contribution is -0.343. The zero-order valence-corrected chi connectivity index (χ0v) is 71.7. The van der Waals surface area contributed by atoms with Crippen LogP contribution in [0.1, 0.15) is 191 Å². The molecule has 0 bridgehead atoms. The standard InChI is InChI=1S/C82H134N10O32/c1-7-48-34-50(36-55(71(48)123-81-68(103)66(101)62(97)43(4)115-81)120-80-61(86-45(6)95)73(65(100)60(41-94)122-80)118-58(78(110)111)33-47-18-13-10-14-19-47)54(96)20-15-21-83-75(106)52-38-91(89-87-52)24-26-112-28-30-114-31-29-113-27-25-92-39-53(88-90-92)76(107)85-23-22-84-74(105)51-35-49(8-2)72(124-82-69(104)67(102)63(98)44(5)116-82)56(37-51)119-79-42(3)70(64(99)59(40-93)121-79)117-57(77(108)109)32-46-16-11-9-12-17-46/h38-39,42-44,46-51,55-73,79-82,93-94,97-104H,7-37,40-41H2,1-6H3,(H,83,106)(H,84,105)(H,85,107)(H,86,95)(H,108,109)(H,110,111)/t42-,43+,44+,48+,49+,50-,51-,55-,56-,57+,58+,59-,60-,61-,62-,63-,64+,65+,66-,67-,68+,69+,70-,71-,72-,73-,79?,80-,81+,82?/m1/s1. The zero-order chi connectivity index (χ0) is 89.4. The first kappa shape index (κ1) is 100. The number of amides is 4. The summed E-state index contributed by atoms with van der Waals surface area (Å²) in [6.07, 6.45) is -18.0. The Morgan fingerprint density at radius 1 is 0.492 bits per heavy atom. The molecule has 4 aliphatic heterocycles. The van der Waals surface area contributed by atoms with E-state index in [1.54, 1.807) is 6.92 Å². The van der Waals surface area contributed by atoms with E-state index in [4.69, 9.17) is 61.6 Å². The Bertz CT molecular complexity index is 3620. The van der Waals surface area contributed by atoms with Gasteiger partial charge in [-0.1, -0.05) is 108 Å². The highest BCUT2D eigenvalue weighted by Gasteiger charge is 2.56. The van der Waals surface area contributed by atoms with Crippen LogP contribution in [0.5, 0.6) is 0 Å². The van der Waals surface area contributed by atoms with Crippen molar-refractivity contribution < 1.29 is 156 Å². The summed E-state index contributed by atoms with van der Waals surface area (Å²) in [6, 6.07) is -1.37. The lowest BCUT2D eigenvalue weighted by atomic mass is 9.74. The van der Waals surface area contributed by atoms with E-state index in [1.807, 2.05) is 13.8 Å². The number of nitrogens with zero attached hydrogens (tertiary/aromatic N) is 6. The number of carbonyl (C=O) groups excluding carboxylic acids is 5. The van der Waals surface area contributed by atoms with Gasteiger partial charge in [0.05, 0.1) is 121 Å². The number of hydrogen-bond acceptors (Lipinski definition) is 34. The van der Waals surface area contributed by atoms with Gasteiger partial charge in [0.25, 0.3) is 11.8 Å². The van der Waals surface area contributed by atoms with Crippen molar-refractivity contribution in [3.05, 3.63) is 23.8 Å². The van der Waals surface area contributed by atoms with E-state index < -0.39 is 226 Å². The largest absolute Gasteiger partial charge is 0.479 e. The molecule has 2 aromatic rings. The Hall–Kier alpha value is -6.15. The van der Waals surface area contributed by atoms with Gasteiger partial charge in [-0.3, -0.25) is 24.0 Å². The van der Waals surface area contributed by atoms with Crippen molar-refractivity contribution in [2.24, 2.45) is 41.4 Å². The molecule has 704 valence electrons. The molecule has 30 atom stereocenters. The van der Waals surface area contributed by atoms with Crippen molar-refractivity contribution >= 4 is 41.4 Å². The summed E-state index contributed by atoms with van der Waals surface area (Å²) in [5.74, 6) is -7.68. The molecular weight excluding hydrogens is 1640 g/mol. The third kappa shape index (κ3) is 27.5. The summed E-state index contributed by atoms with van der Waals surface area (Å²) >= 11 is 0. The average Bonchev–Trinajstić information content (AvgIpc) is 1.25. The molecule has 10 rings (SSSR count). The molecule has 6 heterocycles. The van der Waals surface area contributed by atoms with Gasteiger partial charge >= 0.3 is 11.9 Å². The SMILES string of the molecule is CC[C@H]1C[C@@H](C(=O)NCCNC(=O)c2cn(CCOCCOCCOCCn3cc(C(=O)NCCCC(=O)[C@@H]4C[C@H](CC)[C@@H](O[C@@H]5O[C@@H](C)[C@@H](O)[C@@H](O)[C@@H]5O)[C@H](O[C@@H]5O[C@H](CO)[C@H](O)[C@H](O[C@@H](CC6CCCCC6)C(=O)O)[C@H]5NC(C)=O)C4)nn3)nn2)C[C@@H](OC2O[C@H](CO)[C@H](O)[C@H](O[C@@H](CC3CCCCC3)C(=O)O)[C@H]2C)[C@@H]1OC1O[C@@H](C)[C@@H](O)[C@@H](O)[C@@H]1O. The molecule has 4 saturated carbocycles. The molecule has 0 aromatic carbocycles. The third-order valence-corrected chi connectivity index (χ3v) is 25.5. The van der Waals surface area contributed by atoms with Gasteiger partial charge in [0.2, 0.25) is 11.8 Å². The first-order chi connectivity index (χ1) is 59.5. The minimum Gasteiger partial charge on any atom is -0.479 e. The monoisotopic (exact) mass is 1770 g/mol. The number of rotatable bonds is 46. The zero-order valence-electron chi connectivity index (χ0n) is 71.7. The topological polar surface area (TPSA) is 592 Å². The molecule has 2 aromatic heterocycles. The second-order valence-corrected chi connectivity index (χ2v) is 34.4. The number of Topliss-reactive ketones (excluding diaryl/α,β-unsaturated/α-hetero) is 1. The van der Waals surface area contributed by atoms with Crippen molar-refractivity contribution in [3.63, 3.8) is 0 Å². The van der Waals surface area contributed by atoms with Crippen LogP contribution in [0.3, 0.4) is 0 Å². The summed E-state index contributed by atoms with van der Waals surface area (Å²) in [6.45, 7) is 10.2. The Morgan fingerprint density at radius 2 is 0.927 bits per heavy atom. The fraction of sp³-hybridized carbons (Fsp3) is 0.866. The highest BCUT2D eigenvalue weighted by atomic mass is 16.7. The number of aliphatic carboxylic acids is 2. The van der Waals surface area contributed by atoms with Crippen LogP contribution in [-0.2, 0) is 98.6 Å². The van der Waals surface area contributed by atoms with Crippen LogP contribution in [0.25, 0.3) is 0 Å². The van der Waals surface area contributed by atoms with E-state index >= 15 is 0 Å². The van der Waals surface area contributed by atoms with Gasteiger partial charge in [0.1, 0.15) is 79.0 Å². The van der Waals surface area contributed by atoms with Crippen LogP contribution < -0.4 is 21.3 Å². The van der Waals surface area contributed by atoms with Crippen LogP contribution in [0.15, 0.2) is 12.4 Å². The van der Waals surface area contributed by atoms with Crippen molar-refractivity contribution in [2.75, 3.05) is 72.5 Å². The number of carboxylic acids is 2. The normalized spacial score (nSPS) is 35.1. The lowest BCUT2D eigenvalue weighted by Crippen LogP contribution is -2.67. The fourth-order valence-electron chi connectivity index (χ4n) is 18.3. The predicted molar refractivity (Wildman–Crippen MR) is 427 cm³/mol. The second kappa shape index (κ2) is 49.0. The summed E-state index contributed by atoms with van der Waals surface area (Å²) in [5.41, 5.74) is 0.0492.